The number of aliphatic hydroxyl groups is 1. The molecule has 49 heavy (non-hydrogen) atoms. The van der Waals surface area contributed by atoms with Gasteiger partial charge in [0.05, 0.1) is 23.4 Å². The number of aromatic nitrogens is 3. The number of aliphatic hydroxyl groups excluding tert-OH is 1. The van der Waals surface area contributed by atoms with E-state index in [1.54, 1.807) is 6.33 Å². The fraction of sp³-hybridized carbons (Fsp3) is 0.429. The van der Waals surface area contributed by atoms with Crippen molar-refractivity contribution in [3.05, 3.63) is 90.1 Å². The second-order valence-electron chi connectivity index (χ2n) is 14.1. The zero-order valence-electron chi connectivity index (χ0n) is 30.6. The SMILES string of the molecule is CC(C)Cc1coc2ccc(-c3cc(-c4[c-]c5ccccc5c(C(C)(C)C)c4)ncn3)nc12.CCC(CC)C(=O)/C=C(\O)C(CC)CC.[Ir]. The number of furan rings is 1. The van der Waals surface area contributed by atoms with Gasteiger partial charge in [-0.15, -0.1) is 29.1 Å². The average Bonchev–Trinajstić information content (AvgIpc) is 3.46. The molecule has 0 aliphatic rings. The van der Waals surface area contributed by atoms with E-state index in [9.17, 15) is 9.90 Å². The quantitative estimate of drug-likeness (QED) is 0.0810. The minimum absolute atomic E-state index is 0. The van der Waals surface area contributed by atoms with Crippen LogP contribution < -0.4 is 0 Å². The maximum Gasteiger partial charge on any atom is 0.162 e. The van der Waals surface area contributed by atoms with Gasteiger partial charge in [-0.05, 0) is 61.6 Å². The number of allylic oxidation sites excluding steroid dienone is 2. The van der Waals surface area contributed by atoms with Crippen molar-refractivity contribution in [2.24, 2.45) is 17.8 Å². The van der Waals surface area contributed by atoms with Crippen LogP contribution in [0.2, 0.25) is 0 Å². The minimum atomic E-state index is 0. The van der Waals surface area contributed by atoms with E-state index < -0.39 is 0 Å². The predicted molar refractivity (Wildman–Crippen MR) is 198 cm³/mol. The molecule has 0 aliphatic heterocycles. The van der Waals surface area contributed by atoms with Crippen LogP contribution in [-0.4, -0.2) is 25.8 Å². The van der Waals surface area contributed by atoms with E-state index in [1.165, 1.54) is 17.0 Å². The third-order valence-corrected chi connectivity index (χ3v) is 8.99. The number of pyridine rings is 1. The summed E-state index contributed by atoms with van der Waals surface area (Å²) in [5, 5.41) is 12.1. The molecule has 1 N–H and O–H groups in total. The van der Waals surface area contributed by atoms with Crippen LogP contribution in [0.3, 0.4) is 0 Å². The van der Waals surface area contributed by atoms with E-state index in [1.807, 2.05) is 52.2 Å². The normalized spacial score (nSPS) is 12.0. The monoisotopic (exact) mass is 839 g/mol. The number of hydrogen-bond donors (Lipinski definition) is 1. The standard InChI is InChI=1S/C29H28N3O.C13H24O2.Ir/c1-18(2)12-21-16-33-27-11-10-24(32-28(21)27)26-15-25(30-17-31-26)20-13-19-8-6-7-9-22(19)23(14-20)29(3,4)5;1-5-10(6-2)12(14)9-13(15)11(7-3)8-4;/h6-11,14-18H,12H2,1-5H3;9-11,14H,5-8H2,1-4H3;/q-1;;/b;12-9-;. The molecule has 6 nitrogen and oxygen atoms in total. The van der Waals surface area contributed by atoms with Crippen molar-refractivity contribution in [1.29, 1.82) is 0 Å². The van der Waals surface area contributed by atoms with Gasteiger partial charge in [0, 0.05) is 49.3 Å². The zero-order valence-corrected chi connectivity index (χ0v) is 33.0. The van der Waals surface area contributed by atoms with Crippen molar-refractivity contribution >= 4 is 27.7 Å². The molecule has 0 unspecified atom stereocenters. The van der Waals surface area contributed by atoms with Gasteiger partial charge < -0.3 is 9.52 Å². The van der Waals surface area contributed by atoms with Gasteiger partial charge in [0.1, 0.15) is 11.8 Å². The van der Waals surface area contributed by atoms with Crippen molar-refractivity contribution in [2.75, 3.05) is 0 Å². The van der Waals surface area contributed by atoms with Crippen LogP contribution in [0.4, 0.5) is 0 Å². The number of ketones is 1. The van der Waals surface area contributed by atoms with Crippen molar-refractivity contribution in [1.82, 2.24) is 15.0 Å². The van der Waals surface area contributed by atoms with Crippen LogP contribution in [0.1, 0.15) is 99.1 Å². The van der Waals surface area contributed by atoms with E-state index in [4.69, 9.17) is 9.40 Å². The van der Waals surface area contributed by atoms with E-state index in [2.05, 4.69) is 81.0 Å². The van der Waals surface area contributed by atoms with Gasteiger partial charge in [-0.2, -0.15) is 0 Å². The number of rotatable bonds is 11. The molecule has 0 saturated carbocycles. The van der Waals surface area contributed by atoms with E-state index in [-0.39, 0.29) is 48.9 Å². The molecule has 2 aromatic carbocycles. The average molecular weight is 839 g/mol. The van der Waals surface area contributed by atoms with Gasteiger partial charge >= 0.3 is 0 Å². The Kier molecular flexibility index (Phi) is 14.5. The summed E-state index contributed by atoms with van der Waals surface area (Å²) >= 11 is 0. The summed E-state index contributed by atoms with van der Waals surface area (Å²) < 4.78 is 5.72. The molecule has 0 bridgehead atoms. The summed E-state index contributed by atoms with van der Waals surface area (Å²) in [4.78, 5) is 25.7. The molecule has 3 aromatic heterocycles. The number of nitrogens with zero attached hydrogens (tertiary/aromatic N) is 3. The van der Waals surface area contributed by atoms with Crippen LogP contribution in [0.25, 0.3) is 44.5 Å². The molecule has 0 spiro atoms. The Morgan fingerprint density at radius 3 is 2.18 bits per heavy atom. The second-order valence-corrected chi connectivity index (χ2v) is 14.1. The maximum absolute atomic E-state index is 11.7. The smallest absolute Gasteiger partial charge is 0.162 e. The molecule has 0 amide bonds. The summed E-state index contributed by atoms with van der Waals surface area (Å²) in [6.45, 7) is 19.2. The Balaban J connectivity index is 0.000000347. The first kappa shape index (κ1) is 39.8. The Hall–Kier alpha value is -3.67. The van der Waals surface area contributed by atoms with Gasteiger partial charge in [-0.25, -0.2) is 9.97 Å². The molecule has 263 valence electrons. The molecule has 1 radical (unpaired) electrons. The number of fused-ring (bicyclic) bond motifs is 2. The molecule has 0 fully saturated rings. The fourth-order valence-corrected chi connectivity index (χ4v) is 6.10. The van der Waals surface area contributed by atoms with Crippen LogP contribution in [0.15, 0.2) is 77.4 Å². The Bertz CT molecular complexity index is 1860. The first-order valence-electron chi connectivity index (χ1n) is 17.5. The Labute approximate surface area is 306 Å². The fourth-order valence-electron chi connectivity index (χ4n) is 6.10. The van der Waals surface area contributed by atoms with Gasteiger partial charge in [0.25, 0.3) is 0 Å². The minimum Gasteiger partial charge on any atom is -0.512 e. The molecule has 7 heteroatoms. The van der Waals surface area contributed by atoms with Crippen molar-refractivity contribution in [3.63, 3.8) is 0 Å². The third kappa shape index (κ3) is 9.95. The number of benzene rings is 2. The number of carbonyl (C=O) groups is 1. The van der Waals surface area contributed by atoms with Crippen LogP contribution >= 0.6 is 0 Å². The van der Waals surface area contributed by atoms with Gasteiger partial charge in [0.2, 0.25) is 0 Å². The molecule has 0 aliphatic carbocycles. The van der Waals surface area contributed by atoms with Crippen molar-refractivity contribution in [2.45, 2.75) is 99.8 Å². The van der Waals surface area contributed by atoms with E-state index in [0.29, 0.717) is 5.92 Å². The molecular weight excluding hydrogens is 787 g/mol. The van der Waals surface area contributed by atoms with Gasteiger partial charge in [-0.1, -0.05) is 91.5 Å². The summed E-state index contributed by atoms with van der Waals surface area (Å²) in [6, 6.07) is 20.1. The van der Waals surface area contributed by atoms with Crippen molar-refractivity contribution < 1.29 is 34.4 Å². The predicted octanol–water partition coefficient (Wildman–Crippen LogP) is 11.3. The van der Waals surface area contributed by atoms with E-state index in [0.717, 1.165) is 76.8 Å². The topological polar surface area (TPSA) is 89.1 Å². The maximum atomic E-state index is 11.7. The molecule has 0 atom stereocenters. The first-order valence-corrected chi connectivity index (χ1v) is 17.5. The van der Waals surface area contributed by atoms with E-state index >= 15 is 0 Å². The van der Waals surface area contributed by atoms with Crippen molar-refractivity contribution in [3.8, 4) is 22.6 Å². The summed E-state index contributed by atoms with van der Waals surface area (Å²) in [6.07, 6.45) is 9.27. The summed E-state index contributed by atoms with van der Waals surface area (Å²) in [5.41, 5.74) is 7.54. The molecule has 0 saturated heterocycles. The number of hydrogen-bond acceptors (Lipinski definition) is 6. The second kappa shape index (κ2) is 17.8. The summed E-state index contributed by atoms with van der Waals surface area (Å²) in [7, 11) is 0. The van der Waals surface area contributed by atoms with Crippen LogP contribution in [0.5, 0.6) is 0 Å². The molecule has 3 heterocycles. The Morgan fingerprint density at radius 1 is 0.898 bits per heavy atom. The largest absolute Gasteiger partial charge is 0.512 e. The zero-order chi connectivity index (χ0) is 35.0. The molecule has 5 rings (SSSR count). The van der Waals surface area contributed by atoms with Gasteiger partial charge in [0.15, 0.2) is 11.4 Å². The molecule has 5 aromatic rings. The van der Waals surface area contributed by atoms with Gasteiger partial charge in [-0.3, -0.25) is 9.78 Å². The molecular formula is C42H52IrN3O3-. The third-order valence-electron chi connectivity index (χ3n) is 8.99. The van der Waals surface area contributed by atoms with Crippen LogP contribution in [0, 0.1) is 23.8 Å². The number of carbonyl (C=O) groups excluding carboxylic acids is 1. The summed E-state index contributed by atoms with van der Waals surface area (Å²) in [5.74, 6) is 1.08. The Morgan fingerprint density at radius 2 is 1.55 bits per heavy atom. The van der Waals surface area contributed by atoms with Crippen LogP contribution in [-0.2, 0) is 36.7 Å². The first-order chi connectivity index (χ1) is 22.9.